The Bertz CT molecular complexity index is 749. The number of urea groups is 1. The van der Waals surface area contributed by atoms with Gasteiger partial charge in [0.25, 0.3) is 5.69 Å². The number of benzene rings is 2. The molecule has 23 heavy (non-hydrogen) atoms. The molecule has 0 aromatic heterocycles. The molecule has 0 saturated heterocycles. The van der Waals surface area contributed by atoms with Crippen molar-refractivity contribution in [2.24, 2.45) is 0 Å². The molecule has 0 unspecified atom stereocenters. The number of rotatable bonds is 4. The van der Waals surface area contributed by atoms with Crippen LogP contribution in [0, 0.1) is 22.9 Å². The smallest absolute Gasteiger partial charge is 0.321 e. The summed E-state index contributed by atoms with van der Waals surface area (Å²) in [6.07, 6.45) is 0. The summed E-state index contributed by atoms with van der Waals surface area (Å²) in [6, 6.07) is 9.99. The number of hydrogen-bond acceptors (Lipinski definition) is 3. The number of hydrogen-bond donors (Lipinski definition) is 1. The van der Waals surface area contributed by atoms with Crippen LogP contribution in [-0.4, -0.2) is 22.9 Å². The van der Waals surface area contributed by atoms with Gasteiger partial charge in [0.1, 0.15) is 5.82 Å². The van der Waals surface area contributed by atoms with Gasteiger partial charge in [-0.25, -0.2) is 9.18 Å². The van der Waals surface area contributed by atoms with E-state index in [1.807, 2.05) is 0 Å². The van der Waals surface area contributed by atoms with E-state index in [2.05, 4.69) is 5.32 Å². The number of nitrogens with one attached hydrogen (secondary N) is 1. The van der Waals surface area contributed by atoms with Crippen molar-refractivity contribution in [2.45, 2.75) is 13.5 Å². The van der Waals surface area contributed by atoms with Crippen molar-refractivity contribution >= 4 is 17.4 Å². The van der Waals surface area contributed by atoms with Crippen LogP contribution < -0.4 is 5.32 Å². The molecular weight excluding hydrogens is 301 g/mol. The first kappa shape index (κ1) is 16.4. The second-order valence-corrected chi connectivity index (χ2v) is 5.17. The molecule has 0 fully saturated rings. The fraction of sp³-hybridized carbons (Fsp3) is 0.188. The van der Waals surface area contributed by atoms with E-state index in [1.165, 1.54) is 23.1 Å². The SMILES string of the molecule is Cc1ccc(NC(=O)N(C)Cc2cccc(F)c2)cc1[N+](=O)[O-]. The Morgan fingerprint density at radius 2 is 2.04 bits per heavy atom. The first-order valence-corrected chi connectivity index (χ1v) is 6.88. The van der Waals surface area contributed by atoms with Crippen molar-refractivity contribution in [3.05, 3.63) is 69.5 Å². The van der Waals surface area contributed by atoms with Gasteiger partial charge in [0.15, 0.2) is 0 Å². The predicted octanol–water partition coefficient (Wildman–Crippen LogP) is 3.71. The third-order valence-electron chi connectivity index (χ3n) is 3.31. The molecule has 0 bridgehead atoms. The summed E-state index contributed by atoms with van der Waals surface area (Å²) in [5.41, 5.74) is 1.44. The molecule has 1 N–H and O–H groups in total. The zero-order chi connectivity index (χ0) is 17.0. The molecule has 0 saturated carbocycles. The van der Waals surface area contributed by atoms with Crippen molar-refractivity contribution < 1.29 is 14.1 Å². The maximum Gasteiger partial charge on any atom is 0.321 e. The Morgan fingerprint density at radius 1 is 1.30 bits per heavy atom. The highest BCUT2D eigenvalue weighted by molar-refractivity contribution is 5.89. The summed E-state index contributed by atoms with van der Waals surface area (Å²) in [5, 5.41) is 13.5. The molecule has 0 heterocycles. The average Bonchev–Trinajstić information content (AvgIpc) is 2.48. The van der Waals surface area contributed by atoms with Gasteiger partial charge in [-0.2, -0.15) is 0 Å². The van der Waals surface area contributed by atoms with E-state index in [0.717, 1.165) is 0 Å². The van der Waals surface area contributed by atoms with Crippen LogP contribution in [0.2, 0.25) is 0 Å². The molecule has 120 valence electrons. The number of nitrogens with zero attached hydrogens (tertiary/aromatic N) is 2. The Balaban J connectivity index is 2.06. The second kappa shape index (κ2) is 6.87. The molecule has 2 amide bonds. The van der Waals surface area contributed by atoms with Gasteiger partial charge in [-0.1, -0.05) is 18.2 Å². The lowest BCUT2D eigenvalue weighted by Crippen LogP contribution is -2.30. The van der Waals surface area contributed by atoms with Gasteiger partial charge in [0.2, 0.25) is 0 Å². The Hall–Kier alpha value is -2.96. The Morgan fingerprint density at radius 3 is 2.70 bits per heavy atom. The second-order valence-electron chi connectivity index (χ2n) is 5.17. The van der Waals surface area contributed by atoms with Crippen LogP contribution in [-0.2, 0) is 6.54 Å². The Kier molecular flexibility index (Phi) is 4.90. The highest BCUT2D eigenvalue weighted by atomic mass is 19.1. The Labute approximate surface area is 132 Å². The molecule has 0 aliphatic rings. The van der Waals surface area contributed by atoms with Crippen LogP contribution >= 0.6 is 0 Å². The third kappa shape index (κ3) is 4.26. The van der Waals surface area contributed by atoms with Crippen molar-refractivity contribution in [3.8, 4) is 0 Å². The lowest BCUT2D eigenvalue weighted by molar-refractivity contribution is -0.385. The maximum absolute atomic E-state index is 13.1. The van der Waals surface area contributed by atoms with Crippen molar-refractivity contribution in [1.82, 2.24) is 4.90 Å². The minimum Gasteiger partial charge on any atom is -0.323 e. The van der Waals surface area contributed by atoms with Crippen molar-refractivity contribution in [2.75, 3.05) is 12.4 Å². The largest absolute Gasteiger partial charge is 0.323 e. The minimum atomic E-state index is -0.499. The summed E-state index contributed by atoms with van der Waals surface area (Å²) in [7, 11) is 1.56. The summed E-state index contributed by atoms with van der Waals surface area (Å²) < 4.78 is 13.1. The highest BCUT2D eigenvalue weighted by Gasteiger charge is 2.14. The van der Waals surface area contributed by atoms with E-state index in [1.54, 1.807) is 38.2 Å². The summed E-state index contributed by atoms with van der Waals surface area (Å²) in [4.78, 5) is 23.9. The van der Waals surface area contributed by atoms with Crippen LogP contribution in [0.3, 0.4) is 0 Å². The maximum atomic E-state index is 13.1. The lowest BCUT2D eigenvalue weighted by atomic mass is 10.2. The summed E-state index contributed by atoms with van der Waals surface area (Å²) >= 11 is 0. The number of anilines is 1. The zero-order valence-electron chi connectivity index (χ0n) is 12.7. The molecule has 0 radical (unpaired) electrons. The number of nitro benzene ring substituents is 1. The van der Waals surface area contributed by atoms with Gasteiger partial charge in [0, 0.05) is 30.9 Å². The van der Waals surface area contributed by atoms with Gasteiger partial charge >= 0.3 is 6.03 Å². The summed E-state index contributed by atoms with van der Waals surface area (Å²) in [5.74, 6) is -0.370. The number of halogens is 1. The predicted molar refractivity (Wildman–Crippen MR) is 84.7 cm³/mol. The van der Waals surface area contributed by atoms with Crippen molar-refractivity contribution in [3.63, 3.8) is 0 Å². The molecule has 0 spiro atoms. The molecule has 0 aliphatic carbocycles. The monoisotopic (exact) mass is 317 g/mol. The molecule has 2 aromatic rings. The van der Waals surface area contributed by atoms with Crippen LogP contribution in [0.25, 0.3) is 0 Å². The fourth-order valence-electron chi connectivity index (χ4n) is 2.08. The van der Waals surface area contributed by atoms with E-state index >= 15 is 0 Å². The number of carbonyl (C=O) groups is 1. The topological polar surface area (TPSA) is 75.5 Å². The highest BCUT2D eigenvalue weighted by Crippen LogP contribution is 2.22. The zero-order valence-corrected chi connectivity index (χ0v) is 12.7. The third-order valence-corrected chi connectivity index (χ3v) is 3.31. The van der Waals surface area contributed by atoms with Crippen LogP contribution in [0.5, 0.6) is 0 Å². The number of aryl methyl sites for hydroxylation is 1. The summed E-state index contributed by atoms with van der Waals surface area (Å²) in [6.45, 7) is 1.84. The molecule has 6 nitrogen and oxygen atoms in total. The quantitative estimate of drug-likeness (QED) is 0.690. The molecule has 7 heteroatoms. The van der Waals surface area contributed by atoms with E-state index in [-0.39, 0.29) is 18.0 Å². The van der Waals surface area contributed by atoms with Crippen LogP contribution in [0.4, 0.5) is 20.6 Å². The fourth-order valence-corrected chi connectivity index (χ4v) is 2.08. The van der Waals surface area contributed by atoms with Gasteiger partial charge in [-0.3, -0.25) is 10.1 Å². The van der Waals surface area contributed by atoms with Gasteiger partial charge in [0.05, 0.1) is 4.92 Å². The number of carbonyl (C=O) groups excluding carboxylic acids is 1. The number of nitro groups is 1. The average molecular weight is 317 g/mol. The van der Waals surface area contributed by atoms with Gasteiger partial charge in [-0.15, -0.1) is 0 Å². The minimum absolute atomic E-state index is 0.0596. The van der Waals surface area contributed by atoms with E-state index in [0.29, 0.717) is 16.8 Å². The van der Waals surface area contributed by atoms with E-state index in [9.17, 15) is 19.3 Å². The molecular formula is C16H16FN3O3. The van der Waals surface area contributed by atoms with Gasteiger partial charge < -0.3 is 10.2 Å². The normalized spacial score (nSPS) is 10.2. The molecule has 2 rings (SSSR count). The van der Waals surface area contributed by atoms with Crippen molar-refractivity contribution in [1.29, 1.82) is 0 Å². The first-order valence-electron chi connectivity index (χ1n) is 6.88. The van der Waals surface area contributed by atoms with E-state index in [4.69, 9.17) is 0 Å². The molecule has 0 atom stereocenters. The number of amides is 2. The molecule has 2 aromatic carbocycles. The van der Waals surface area contributed by atoms with Gasteiger partial charge in [-0.05, 0) is 30.7 Å². The molecule has 0 aliphatic heterocycles. The van der Waals surface area contributed by atoms with Crippen LogP contribution in [0.1, 0.15) is 11.1 Å². The van der Waals surface area contributed by atoms with Crippen LogP contribution in [0.15, 0.2) is 42.5 Å². The lowest BCUT2D eigenvalue weighted by Gasteiger charge is -2.18. The van der Waals surface area contributed by atoms with E-state index < -0.39 is 11.0 Å². The standard InChI is InChI=1S/C16H16FN3O3/c1-11-6-7-14(9-15(11)20(22)23)18-16(21)19(2)10-12-4-3-5-13(17)8-12/h3-9H,10H2,1-2H3,(H,18,21). The first-order chi connectivity index (χ1) is 10.9.